The second-order valence-electron chi connectivity index (χ2n) is 3.48. The first-order chi connectivity index (χ1) is 7.38. The van der Waals surface area contributed by atoms with E-state index >= 15 is 0 Å². The molecule has 1 fully saturated rings. The molecular weight excluding hydrogens is 246 g/mol. The summed E-state index contributed by atoms with van der Waals surface area (Å²) < 4.78 is 2.19. The minimum Gasteiger partial charge on any atom is -0.316 e. The fraction of sp³-hybridized carbons (Fsp3) is 0.778. The molecule has 15 heavy (non-hydrogen) atoms. The molecule has 0 amide bonds. The van der Waals surface area contributed by atoms with E-state index in [4.69, 9.17) is 0 Å². The number of hydrogen-bond acceptors (Lipinski definition) is 6. The maximum Gasteiger partial charge on any atom is 0.175 e. The Kier molecular flexibility index (Phi) is 4.74. The molecular formula is C9H15N3S3. The summed E-state index contributed by atoms with van der Waals surface area (Å²) >= 11 is 5.26. The molecule has 3 nitrogen and oxygen atoms in total. The molecule has 6 heteroatoms. The molecule has 0 radical (unpaired) electrons. The van der Waals surface area contributed by atoms with Crippen LogP contribution >= 0.6 is 34.9 Å². The Morgan fingerprint density at radius 2 is 2.20 bits per heavy atom. The first kappa shape index (κ1) is 11.7. The van der Waals surface area contributed by atoms with E-state index in [1.54, 1.807) is 23.1 Å². The Morgan fingerprint density at radius 1 is 1.33 bits per heavy atom. The average molecular weight is 261 g/mol. The molecule has 0 aliphatic carbocycles. The minimum atomic E-state index is 0.676. The van der Waals surface area contributed by atoms with Crippen LogP contribution in [-0.2, 0) is 0 Å². The van der Waals surface area contributed by atoms with E-state index in [2.05, 4.69) is 15.5 Å². The first-order valence-electron chi connectivity index (χ1n) is 5.13. The third kappa shape index (κ3) is 3.62. The number of nitrogens with one attached hydrogen (secondary N) is 1. The minimum absolute atomic E-state index is 0.676. The van der Waals surface area contributed by atoms with Crippen LogP contribution in [0, 0.1) is 0 Å². The van der Waals surface area contributed by atoms with E-state index in [0.29, 0.717) is 5.25 Å². The average Bonchev–Trinajstić information content (AvgIpc) is 2.54. The van der Waals surface area contributed by atoms with Crippen LogP contribution in [0.5, 0.6) is 0 Å². The third-order valence-electron chi connectivity index (χ3n) is 2.33. The smallest absolute Gasteiger partial charge is 0.175 e. The Balaban J connectivity index is 1.89. The van der Waals surface area contributed by atoms with Crippen molar-refractivity contribution in [2.75, 3.05) is 19.3 Å². The van der Waals surface area contributed by atoms with Crippen molar-refractivity contribution in [1.82, 2.24) is 15.5 Å². The van der Waals surface area contributed by atoms with E-state index in [9.17, 15) is 0 Å². The van der Waals surface area contributed by atoms with Crippen molar-refractivity contribution in [3.63, 3.8) is 0 Å². The number of aromatic nitrogens is 2. The lowest BCUT2D eigenvalue weighted by atomic mass is 10.2. The van der Waals surface area contributed by atoms with Gasteiger partial charge in [0, 0.05) is 11.8 Å². The second kappa shape index (κ2) is 6.08. The molecule has 1 aromatic rings. The lowest BCUT2D eigenvalue weighted by Crippen LogP contribution is -2.22. The van der Waals surface area contributed by atoms with Crippen LogP contribution in [0.4, 0.5) is 0 Å². The van der Waals surface area contributed by atoms with E-state index in [1.165, 1.54) is 25.8 Å². The van der Waals surface area contributed by atoms with E-state index in [0.717, 1.165) is 15.2 Å². The molecule has 1 saturated heterocycles. The molecule has 1 unspecified atom stereocenters. The van der Waals surface area contributed by atoms with Gasteiger partial charge >= 0.3 is 0 Å². The second-order valence-corrected chi connectivity index (χ2v) is 7.06. The Bertz CT molecular complexity index is 295. The zero-order valence-electron chi connectivity index (χ0n) is 8.73. The van der Waals surface area contributed by atoms with Crippen LogP contribution in [0.15, 0.2) is 8.68 Å². The van der Waals surface area contributed by atoms with Gasteiger partial charge in [0.15, 0.2) is 8.68 Å². The highest BCUT2D eigenvalue weighted by Crippen LogP contribution is 2.32. The van der Waals surface area contributed by atoms with Gasteiger partial charge in [0.05, 0.1) is 0 Å². The molecule has 0 saturated carbocycles. The van der Waals surface area contributed by atoms with Crippen LogP contribution in [0.25, 0.3) is 0 Å². The highest BCUT2D eigenvalue weighted by Gasteiger charge is 2.15. The summed E-state index contributed by atoms with van der Waals surface area (Å²) in [5.74, 6) is 0. The Labute approximate surface area is 103 Å². The van der Waals surface area contributed by atoms with Gasteiger partial charge in [-0.05, 0) is 25.6 Å². The highest BCUT2D eigenvalue weighted by atomic mass is 32.2. The lowest BCUT2D eigenvalue weighted by Gasteiger charge is -2.10. The summed E-state index contributed by atoms with van der Waals surface area (Å²) in [5.41, 5.74) is 0. The third-order valence-corrected chi connectivity index (χ3v) is 5.58. The summed E-state index contributed by atoms with van der Waals surface area (Å²) in [6.45, 7) is 2.28. The van der Waals surface area contributed by atoms with Crippen molar-refractivity contribution in [3.05, 3.63) is 0 Å². The number of hydrogen-bond donors (Lipinski definition) is 1. The fourth-order valence-corrected chi connectivity index (χ4v) is 4.42. The summed E-state index contributed by atoms with van der Waals surface area (Å²) in [6.07, 6.45) is 5.98. The van der Waals surface area contributed by atoms with Gasteiger partial charge in [-0.15, -0.1) is 10.2 Å². The predicted molar refractivity (Wildman–Crippen MR) is 68.1 cm³/mol. The molecule has 2 heterocycles. The molecule has 1 aromatic heterocycles. The van der Waals surface area contributed by atoms with Gasteiger partial charge in [0.25, 0.3) is 0 Å². The van der Waals surface area contributed by atoms with Crippen LogP contribution in [0.2, 0.25) is 0 Å². The predicted octanol–water partition coefficient (Wildman–Crippen LogP) is 2.49. The standard InChI is InChI=1S/C9H15N3S3/c1-13-8-11-12-9(15-8)14-7-4-2-3-5-10-6-7/h7,10H,2-6H2,1H3. The molecule has 1 atom stereocenters. The van der Waals surface area contributed by atoms with Gasteiger partial charge < -0.3 is 5.32 Å². The molecule has 1 aliphatic rings. The Morgan fingerprint density at radius 3 is 3.00 bits per heavy atom. The Hall–Kier alpha value is 0.220. The summed E-state index contributed by atoms with van der Waals surface area (Å²) in [5, 5.41) is 12.5. The zero-order chi connectivity index (χ0) is 10.5. The van der Waals surface area contributed by atoms with Crippen LogP contribution in [0.1, 0.15) is 19.3 Å². The van der Waals surface area contributed by atoms with Gasteiger partial charge in [-0.3, -0.25) is 0 Å². The van der Waals surface area contributed by atoms with Crippen molar-refractivity contribution in [2.45, 2.75) is 33.2 Å². The molecule has 84 valence electrons. The first-order valence-corrected chi connectivity index (χ1v) is 8.05. The van der Waals surface area contributed by atoms with Gasteiger partial charge in [-0.2, -0.15) is 0 Å². The molecule has 1 N–H and O–H groups in total. The van der Waals surface area contributed by atoms with Crippen molar-refractivity contribution >= 4 is 34.9 Å². The highest BCUT2D eigenvalue weighted by molar-refractivity contribution is 8.03. The number of thioether (sulfide) groups is 2. The zero-order valence-corrected chi connectivity index (χ0v) is 11.2. The van der Waals surface area contributed by atoms with Crippen molar-refractivity contribution in [1.29, 1.82) is 0 Å². The molecule has 0 aromatic carbocycles. The van der Waals surface area contributed by atoms with E-state index in [-0.39, 0.29) is 0 Å². The van der Waals surface area contributed by atoms with Gasteiger partial charge in [-0.25, -0.2) is 0 Å². The topological polar surface area (TPSA) is 37.8 Å². The SMILES string of the molecule is CSc1nnc(SC2CCCCNC2)s1. The van der Waals surface area contributed by atoms with Gasteiger partial charge in [-0.1, -0.05) is 41.3 Å². The summed E-state index contributed by atoms with van der Waals surface area (Å²) in [6, 6.07) is 0. The fourth-order valence-electron chi connectivity index (χ4n) is 1.56. The van der Waals surface area contributed by atoms with Gasteiger partial charge in [0.2, 0.25) is 0 Å². The van der Waals surface area contributed by atoms with Gasteiger partial charge in [0.1, 0.15) is 0 Å². The molecule has 0 spiro atoms. The molecule has 2 rings (SSSR count). The monoisotopic (exact) mass is 261 g/mol. The molecule has 1 aliphatic heterocycles. The normalized spacial score (nSPS) is 22.6. The van der Waals surface area contributed by atoms with Crippen LogP contribution in [-0.4, -0.2) is 34.8 Å². The summed E-state index contributed by atoms with van der Waals surface area (Å²) in [7, 11) is 0. The quantitative estimate of drug-likeness (QED) is 0.846. The van der Waals surface area contributed by atoms with Crippen LogP contribution in [0.3, 0.4) is 0 Å². The largest absolute Gasteiger partial charge is 0.316 e. The van der Waals surface area contributed by atoms with Crippen molar-refractivity contribution in [2.24, 2.45) is 0 Å². The van der Waals surface area contributed by atoms with Crippen molar-refractivity contribution in [3.8, 4) is 0 Å². The molecule has 0 bridgehead atoms. The number of nitrogens with zero attached hydrogens (tertiary/aromatic N) is 2. The van der Waals surface area contributed by atoms with Crippen molar-refractivity contribution < 1.29 is 0 Å². The maximum absolute atomic E-state index is 4.19. The maximum atomic E-state index is 4.19. The van der Waals surface area contributed by atoms with E-state index < -0.39 is 0 Å². The van der Waals surface area contributed by atoms with E-state index in [1.807, 2.05) is 18.0 Å². The lowest BCUT2D eigenvalue weighted by molar-refractivity contribution is 0.706. The van der Waals surface area contributed by atoms with Crippen LogP contribution < -0.4 is 5.32 Å². The number of rotatable bonds is 3. The summed E-state index contributed by atoms with van der Waals surface area (Å²) in [4.78, 5) is 0.